The summed E-state index contributed by atoms with van der Waals surface area (Å²) in [6, 6.07) is 7.40. The number of anilines is 1. The van der Waals surface area contributed by atoms with Gasteiger partial charge in [-0.2, -0.15) is 4.98 Å². The van der Waals surface area contributed by atoms with E-state index >= 15 is 0 Å². The predicted molar refractivity (Wildman–Crippen MR) is 133 cm³/mol. The highest BCUT2D eigenvalue weighted by Crippen LogP contribution is 2.41. The number of hydrogen-bond donors (Lipinski definition) is 2. The van der Waals surface area contributed by atoms with E-state index in [1.165, 1.54) is 17.5 Å². The molecule has 0 spiro atoms. The lowest BCUT2D eigenvalue weighted by atomic mass is 10.1. The molecule has 1 aliphatic rings. The summed E-state index contributed by atoms with van der Waals surface area (Å²) in [5.74, 6) is -0.101. The highest BCUT2D eigenvalue weighted by molar-refractivity contribution is 7.89. The zero-order valence-electron chi connectivity index (χ0n) is 18.3. The van der Waals surface area contributed by atoms with Crippen LogP contribution in [0.25, 0.3) is 21.0 Å². The number of carbonyl (C=O) groups excluding carboxylic acids is 1. The molecule has 12 heteroatoms. The second-order valence-electron chi connectivity index (χ2n) is 8.06. The number of carbonyl (C=O) groups is 1. The molecule has 1 amide bonds. The zero-order chi connectivity index (χ0) is 24.0. The largest absolute Gasteiger partial charge is 0.420 e. The van der Waals surface area contributed by atoms with E-state index < -0.39 is 9.84 Å². The predicted octanol–water partition coefficient (Wildman–Crippen LogP) is 4.16. The van der Waals surface area contributed by atoms with Crippen LogP contribution in [-0.4, -0.2) is 48.1 Å². The second kappa shape index (κ2) is 8.64. The topological polar surface area (TPSA) is 123 Å². The van der Waals surface area contributed by atoms with E-state index in [4.69, 9.17) is 16.3 Å². The number of hydrogen-bond acceptors (Lipinski definition) is 9. The Morgan fingerprint density at radius 2 is 2.06 bits per heavy atom. The monoisotopic (exact) mass is 517 g/mol. The molecule has 0 saturated carbocycles. The van der Waals surface area contributed by atoms with E-state index in [1.54, 1.807) is 6.07 Å². The first-order valence-electron chi connectivity index (χ1n) is 10.5. The molecule has 0 bridgehead atoms. The number of rotatable bonds is 5. The number of ether oxygens (including phenoxy) is 1. The fraction of sp³-hybridized carbons (Fsp3) is 0.273. The van der Waals surface area contributed by atoms with Crippen LogP contribution in [0, 0.1) is 0 Å². The number of nitrogens with one attached hydrogen (secondary N) is 2. The summed E-state index contributed by atoms with van der Waals surface area (Å²) in [6.45, 7) is 2.68. The molecule has 1 atom stereocenters. The zero-order valence-corrected chi connectivity index (χ0v) is 20.6. The highest BCUT2D eigenvalue weighted by Gasteiger charge is 2.26. The average Bonchev–Trinajstić information content (AvgIpc) is 3.09. The molecule has 2 N–H and O–H groups in total. The number of pyridine rings is 1. The number of nitrogens with zero attached hydrogens (tertiary/aromatic N) is 3. The van der Waals surface area contributed by atoms with E-state index in [0.717, 1.165) is 33.8 Å². The number of aromatic nitrogens is 3. The van der Waals surface area contributed by atoms with Gasteiger partial charge in [0.15, 0.2) is 9.84 Å². The van der Waals surface area contributed by atoms with E-state index in [0.29, 0.717) is 16.9 Å². The number of thiophene rings is 1. The molecule has 4 heterocycles. The molecule has 0 fully saturated rings. The Labute approximate surface area is 204 Å². The lowest BCUT2D eigenvalue weighted by Crippen LogP contribution is -2.36. The Morgan fingerprint density at radius 3 is 2.82 bits per heavy atom. The molecule has 0 aliphatic carbocycles. The Kier molecular flexibility index (Phi) is 5.78. The minimum Gasteiger partial charge on any atom is -0.420 e. The lowest BCUT2D eigenvalue weighted by Gasteiger charge is -2.13. The average molecular weight is 518 g/mol. The van der Waals surface area contributed by atoms with Crippen LogP contribution in [0.15, 0.2) is 30.5 Å². The molecule has 9 nitrogen and oxygen atoms in total. The van der Waals surface area contributed by atoms with Gasteiger partial charge in [-0.1, -0.05) is 6.92 Å². The normalized spacial score (nSPS) is 16.1. The fourth-order valence-electron chi connectivity index (χ4n) is 3.88. The van der Waals surface area contributed by atoms with Crippen LogP contribution < -0.4 is 15.4 Å². The standard InChI is InChI=1S/C22H20ClN5O4S2/c1-3-12-9-24-18-17-13-4-7-16(27-14(13)5-6-15(17)33-19(18)20(29)26-12)32-21-11(10-34(2,30)31)8-25-22(23)28-21/h4-8,12,24H,3,9-10H2,1-2H3,(H,26,29)/t12-/m1/s1. The van der Waals surface area contributed by atoms with Gasteiger partial charge in [-0.3, -0.25) is 4.79 Å². The van der Waals surface area contributed by atoms with Crippen molar-refractivity contribution < 1.29 is 17.9 Å². The van der Waals surface area contributed by atoms with Crippen LogP contribution in [0.5, 0.6) is 11.8 Å². The van der Waals surface area contributed by atoms with Gasteiger partial charge in [-0.25, -0.2) is 18.4 Å². The van der Waals surface area contributed by atoms with E-state index in [2.05, 4.69) is 25.6 Å². The maximum absolute atomic E-state index is 12.8. The van der Waals surface area contributed by atoms with Gasteiger partial charge in [0, 0.05) is 52.1 Å². The van der Waals surface area contributed by atoms with Crippen LogP contribution in [-0.2, 0) is 15.6 Å². The lowest BCUT2D eigenvalue weighted by molar-refractivity contribution is 0.0945. The van der Waals surface area contributed by atoms with Crippen LogP contribution in [0.2, 0.25) is 5.28 Å². The van der Waals surface area contributed by atoms with Crippen LogP contribution in [0.3, 0.4) is 0 Å². The molecule has 5 rings (SSSR count). The molecule has 1 aliphatic heterocycles. The van der Waals surface area contributed by atoms with Crippen molar-refractivity contribution in [3.63, 3.8) is 0 Å². The minimum absolute atomic E-state index is 0.0340. The maximum atomic E-state index is 12.8. The van der Waals surface area contributed by atoms with Crippen LogP contribution in [0.4, 0.5) is 5.69 Å². The van der Waals surface area contributed by atoms with Gasteiger partial charge in [0.05, 0.1) is 17.0 Å². The molecular formula is C22H20ClN5O4S2. The van der Waals surface area contributed by atoms with E-state index in [1.807, 2.05) is 25.1 Å². The van der Waals surface area contributed by atoms with Crippen molar-refractivity contribution in [3.05, 3.63) is 46.2 Å². The summed E-state index contributed by atoms with van der Waals surface area (Å²) in [6.07, 6.45) is 3.28. The Balaban J connectivity index is 1.56. The molecule has 0 saturated heterocycles. The summed E-state index contributed by atoms with van der Waals surface area (Å²) in [4.78, 5) is 25.9. The van der Waals surface area contributed by atoms with Crippen molar-refractivity contribution >= 4 is 65.4 Å². The van der Waals surface area contributed by atoms with Crippen molar-refractivity contribution in [2.45, 2.75) is 25.1 Å². The molecule has 3 aromatic heterocycles. The van der Waals surface area contributed by atoms with Gasteiger partial charge in [0.2, 0.25) is 17.0 Å². The van der Waals surface area contributed by atoms with Crippen molar-refractivity contribution in [2.75, 3.05) is 18.1 Å². The van der Waals surface area contributed by atoms with Crippen LogP contribution >= 0.6 is 22.9 Å². The first kappa shape index (κ1) is 22.8. The number of halogens is 1. The van der Waals surface area contributed by atoms with Gasteiger partial charge in [-0.05, 0) is 36.2 Å². The third-order valence-corrected chi connectivity index (χ3v) is 7.64. The quantitative estimate of drug-likeness (QED) is 0.378. The van der Waals surface area contributed by atoms with Crippen molar-refractivity contribution in [3.8, 4) is 11.8 Å². The van der Waals surface area contributed by atoms with Gasteiger partial charge in [0.1, 0.15) is 4.88 Å². The van der Waals surface area contributed by atoms with Crippen molar-refractivity contribution in [2.24, 2.45) is 0 Å². The molecule has 176 valence electrons. The smallest absolute Gasteiger partial charge is 0.263 e. The third-order valence-electron chi connectivity index (χ3n) is 5.47. The van der Waals surface area contributed by atoms with Gasteiger partial charge < -0.3 is 15.4 Å². The first-order chi connectivity index (χ1) is 16.2. The Hall–Kier alpha value is -3.02. The second-order valence-corrected chi connectivity index (χ2v) is 11.6. The minimum atomic E-state index is -3.34. The molecule has 4 aromatic rings. The maximum Gasteiger partial charge on any atom is 0.263 e. The fourth-order valence-corrected chi connectivity index (χ4v) is 5.87. The molecule has 1 aromatic carbocycles. The number of benzene rings is 1. The molecular weight excluding hydrogens is 498 g/mol. The van der Waals surface area contributed by atoms with Crippen molar-refractivity contribution in [1.29, 1.82) is 0 Å². The molecule has 0 radical (unpaired) electrons. The van der Waals surface area contributed by atoms with E-state index in [-0.39, 0.29) is 40.3 Å². The van der Waals surface area contributed by atoms with Gasteiger partial charge in [-0.15, -0.1) is 11.3 Å². The Morgan fingerprint density at radius 1 is 1.24 bits per heavy atom. The summed E-state index contributed by atoms with van der Waals surface area (Å²) >= 11 is 7.35. The van der Waals surface area contributed by atoms with Gasteiger partial charge in [0.25, 0.3) is 5.91 Å². The summed E-state index contributed by atoms with van der Waals surface area (Å²) in [5, 5.41) is 8.25. The third kappa shape index (κ3) is 4.38. The summed E-state index contributed by atoms with van der Waals surface area (Å²) in [5.41, 5.74) is 1.76. The number of amides is 1. The highest BCUT2D eigenvalue weighted by atomic mass is 35.5. The SMILES string of the molecule is CC[C@@H]1CNc2c(sc3ccc4nc(Oc5nc(Cl)ncc5CS(C)(=O)=O)ccc4c23)C(=O)N1. The number of sulfone groups is 1. The molecule has 0 unspecified atom stereocenters. The first-order valence-corrected chi connectivity index (χ1v) is 13.8. The van der Waals surface area contributed by atoms with Crippen LogP contribution in [0.1, 0.15) is 28.6 Å². The summed E-state index contributed by atoms with van der Waals surface area (Å²) in [7, 11) is -3.34. The molecule has 34 heavy (non-hydrogen) atoms. The van der Waals surface area contributed by atoms with Crippen molar-refractivity contribution in [1.82, 2.24) is 20.3 Å². The summed E-state index contributed by atoms with van der Waals surface area (Å²) < 4.78 is 30.4. The van der Waals surface area contributed by atoms with E-state index in [9.17, 15) is 13.2 Å². The van der Waals surface area contributed by atoms with Gasteiger partial charge >= 0.3 is 0 Å². The number of fused-ring (bicyclic) bond motifs is 5. The Bertz CT molecular complexity index is 1550.